The molecule has 0 heterocycles. The molecule has 0 aliphatic carbocycles. The Balaban J connectivity index is 2.07. The number of nitro groups is 1. The highest BCUT2D eigenvalue weighted by molar-refractivity contribution is 7.91. The van der Waals surface area contributed by atoms with Crippen molar-refractivity contribution in [1.29, 1.82) is 0 Å². The van der Waals surface area contributed by atoms with Crippen LogP contribution in [0.15, 0.2) is 29.2 Å². The Hall–Kier alpha value is -6.03. The Labute approximate surface area is 501 Å². The molecule has 486 valence electrons. The first-order chi connectivity index (χ1) is 40.3. The standard InChI is InChI=1S/C58H98N6O20S/c1-57(2,3)83-53(69)25-20-18-16-14-12-10-8-7-9-11-13-15-17-19-24-50(66)62-48(55(72)84-58(4,5)6)30-31-49(65)60-33-35-78-37-40-81-44-52(68)61-34-36-79-38-39-80-43-51(67)59-32-22-21-23-47(54(70)71)63-56(73)82-41-42-85(76,77)46-28-26-45(27-29-46)64(74)75/h26-29,47-48H,7-25,30-44H2,1-6H3,(H,59,67)(H,60,65)(H,61,68)(H,62,66)(H,63,73)(H,70,71)/t47-,48-/m0/s1. The van der Waals surface area contributed by atoms with E-state index in [0.29, 0.717) is 25.7 Å². The lowest BCUT2D eigenvalue weighted by Crippen LogP contribution is -2.44. The number of hydrogen-bond acceptors (Lipinski definition) is 19. The van der Waals surface area contributed by atoms with Crippen LogP contribution >= 0.6 is 0 Å². The fraction of sp³-hybridized carbons (Fsp3) is 0.759. The lowest BCUT2D eigenvalue weighted by Gasteiger charge is -2.24. The summed E-state index contributed by atoms with van der Waals surface area (Å²) < 4.78 is 62.1. The van der Waals surface area contributed by atoms with Crippen molar-refractivity contribution in [1.82, 2.24) is 26.6 Å². The number of esters is 2. The number of benzene rings is 1. The lowest BCUT2D eigenvalue weighted by molar-refractivity contribution is -0.384. The average molecular weight is 1230 g/mol. The van der Waals surface area contributed by atoms with Crippen LogP contribution in [-0.4, -0.2) is 174 Å². The second kappa shape index (κ2) is 45.3. The fourth-order valence-electron chi connectivity index (χ4n) is 8.00. The van der Waals surface area contributed by atoms with Crippen LogP contribution in [0.4, 0.5) is 10.5 Å². The number of nitrogens with zero attached hydrogens (tertiary/aromatic N) is 1. The molecule has 0 fully saturated rings. The summed E-state index contributed by atoms with van der Waals surface area (Å²) in [7, 11) is -3.94. The van der Waals surface area contributed by atoms with Gasteiger partial charge in [-0.1, -0.05) is 77.0 Å². The maximum Gasteiger partial charge on any atom is 0.407 e. The number of carboxylic acids is 1. The van der Waals surface area contributed by atoms with Crippen LogP contribution in [0.3, 0.4) is 0 Å². The molecule has 0 unspecified atom stereocenters. The number of unbranched alkanes of at least 4 members (excludes halogenated alkanes) is 14. The van der Waals surface area contributed by atoms with Crippen molar-refractivity contribution in [2.75, 3.05) is 84.8 Å². The first-order valence-electron chi connectivity index (χ1n) is 29.8. The van der Waals surface area contributed by atoms with Gasteiger partial charge >= 0.3 is 24.0 Å². The minimum atomic E-state index is -3.94. The van der Waals surface area contributed by atoms with Gasteiger partial charge in [0.1, 0.15) is 43.1 Å². The van der Waals surface area contributed by atoms with E-state index in [0.717, 1.165) is 62.8 Å². The van der Waals surface area contributed by atoms with Gasteiger partial charge in [0.15, 0.2) is 9.84 Å². The van der Waals surface area contributed by atoms with E-state index in [1.54, 1.807) is 20.8 Å². The van der Waals surface area contributed by atoms with Crippen LogP contribution in [0.5, 0.6) is 0 Å². The van der Waals surface area contributed by atoms with Crippen LogP contribution < -0.4 is 26.6 Å². The first-order valence-corrected chi connectivity index (χ1v) is 31.4. The smallest absolute Gasteiger partial charge is 0.407 e. The molecule has 1 aromatic rings. The summed E-state index contributed by atoms with van der Waals surface area (Å²) in [6.07, 6.45) is 15.7. The maximum atomic E-state index is 13.0. The Morgan fingerprint density at radius 3 is 1.48 bits per heavy atom. The molecule has 0 spiro atoms. The van der Waals surface area contributed by atoms with E-state index in [2.05, 4.69) is 26.6 Å². The van der Waals surface area contributed by atoms with Crippen molar-refractivity contribution >= 4 is 63.2 Å². The normalized spacial score (nSPS) is 12.3. The average Bonchev–Trinajstić information content (AvgIpc) is 3.62. The Kier molecular flexibility index (Phi) is 41.0. The molecule has 0 aliphatic rings. The zero-order chi connectivity index (χ0) is 63.4. The number of ether oxygens (including phenoxy) is 7. The number of hydrogen-bond donors (Lipinski definition) is 6. The topological polar surface area (TPSA) is 359 Å². The summed E-state index contributed by atoms with van der Waals surface area (Å²) in [5.41, 5.74) is -1.49. The molecule has 26 nitrogen and oxygen atoms in total. The number of nitrogens with one attached hydrogen (secondary N) is 5. The van der Waals surface area contributed by atoms with E-state index in [1.165, 1.54) is 44.9 Å². The summed E-state index contributed by atoms with van der Waals surface area (Å²) in [5.74, 6) is -4.05. The molecular weight excluding hydrogens is 1130 g/mol. The molecule has 1 aromatic carbocycles. The Bertz CT molecular complexity index is 2240. The maximum absolute atomic E-state index is 13.0. The van der Waals surface area contributed by atoms with Crippen molar-refractivity contribution < 1.29 is 90.0 Å². The van der Waals surface area contributed by atoms with Gasteiger partial charge in [0.2, 0.25) is 23.6 Å². The number of carboxylic acid groups (broad SMARTS) is 1. The highest BCUT2D eigenvalue weighted by atomic mass is 32.2. The lowest BCUT2D eigenvalue weighted by atomic mass is 10.0. The molecule has 0 saturated heterocycles. The minimum Gasteiger partial charge on any atom is -0.480 e. The number of carbonyl (C=O) groups excluding carboxylic acids is 7. The Morgan fingerprint density at radius 1 is 0.518 bits per heavy atom. The van der Waals surface area contributed by atoms with E-state index in [9.17, 15) is 62.0 Å². The van der Waals surface area contributed by atoms with Gasteiger partial charge < -0.3 is 64.8 Å². The monoisotopic (exact) mass is 1230 g/mol. The third-order valence-electron chi connectivity index (χ3n) is 12.3. The number of rotatable bonds is 50. The molecule has 2 atom stereocenters. The first kappa shape index (κ1) is 77.0. The molecule has 0 radical (unpaired) electrons. The zero-order valence-electron chi connectivity index (χ0n) is 51.1. The second-order valence-electron chi connectivity index (χ2n) is 22.3. The molecule has 0 saturated carbocycles. The highest BCUT2D eigenvalue weighted by Crippen LogP contribution is 2.19. The van der Waals surface area contributed by atoms with E-state index in [4.69, 9.17) is 33.2 Å². The summed E-state index contributed by atoms with van der Waals surface area (Å²) in [4.78, 5) is 108. The van der Waals surface area contributed by atoms with Gasteiger partial charge in [0, 0.05) is 51.0 Å². The largest absolute Gasteiger partial charge is 0.480 e. The summed E-state index contributed by atoms with van der Waals surface area (Å²) in [5, 5.41) is 33.2. The number of aliphatic carboxylic acids is 1. The van der Waals surface area contributed by atoms with Gasteiger partial charge in [-0.3, -0.25) is 34.1 Å². The van der Waals surface area contributed by atoms with Crippen LogP contribution in [-0.2, 0) is 76.6 Å². The number of amides is 5. The van der Waals surface area contributed by atoms with E-state index < -0.39 is 74.3 Å². The quantitative estimate of drug-likeness (QED) is 0.0136. The molecule has 6 N–H and O–H groups in total. The van der Waals surface area contributed by atoms with Crippen molar-refractivity contribution in [2.24, 2.45) is 0 Å². The number of carbonyl (C=O) groups is 8. The predicted molar refractivity (Wildman–Crippen MR) is 314 cm³/mol. The highest BCUT2D eigenvalue weighted by Gasteiger charge is 2.28. The third kappa shape index (κ3) is 44.1. The van der Waals surface area contributed by atoms with Crippen molar-refractivity contribution in [2.45, 2.75) is 205 Å². The molecule has 0 aliphatic heterocycles. The van der Waals surface area contributed by atoms with Gasteiger partial charge in [-0.15, -0.1) is 0 Å². The van der Waals surface area contributed by atoms with Crippen molar-refractivity contribution in [3.63, 3.8) is 0 Å². The Morgan fingerprint density at radius 2 is 0.988 bits per heavy atom. The van der Waals surface area contributed by atoms with E-state index in [-0.39, 0.29) is 132 Å². The summed E-state index contributed by atoms with van der Waals surface area (Å²) in [6.45, 7) is 11.3. The van der Waals surface area contributed by atoms with Gasteiger partial charge in [-0.25, -0.2) is 22.8 Å². The van der Waals surface area contributed by atoms with Gasteiger partial charge in [0.05, 0.1) is 55.2 Å². The van der Waals surface area contributed by atoms with Crippen LogP contribution in [0, 0.1) is 10.1 Å². The fourth-order valence-corrected chi connectivity index (χ4v) is 9.09. The minimum absolute atomic E-state index is 0.00727. The van der Waals surface area contributed by atoms with Gasteiger partial charge in [0.25, 0.3) is 5.69 Å². The molecule has 0 aromatic heterocycles. The molecule has 27 heteroatoms. The van der Waals surface area contributed by atoms with Gasteiger partial charge in [-0.05, 0) is 92.2 Å². The molecule has 1 rings (SSSR count). The molecule has 0 bridgehead atoms. The number of nitro benzene ring substituents is 1. The summed E-state index contributed by atoms with van der Waals surface area (Å²) in [6, 6.07) is 1.87. The van der Waals surface area contributed by atoms with Crippen molar-refractivity contribution in [3.8, 4) is 0 Å². The van der Waals surface area contributed by atoms with Crippen LogP contribution in [0.25, 0.3) is 0 Å². The number of alkyl carbamates (subject to hydrolysis) is 1. The molecule has 5 amide bonds. The van der Waals surface area contributed by atoms with E-state index >= 15 is 0 Å². The SMILES string of the molecule is CC(C)(C)OC(=O)CCCCCCCCCCCCCCCCC(=O)N[C@@H](CCC(=O)NCCOCCOCC(=O)NCCOCCOCC(=O)NCCCC[C@H](NC(=O)OCCS(=O)(=O)c1ccc([N+](=O)[O-])cc1)C(=O)O)C(=O)OC(C)(C)C. The van der Waals surface area contributed by atoms with Crippen molar-refractivity contribution in [3.05, 3.63) is 34.4 Å². The van der Waals surface area contributed by atoms with Gasteiger partial charge in [-0.2, -0.15) is 0 Å². The van der Waals surface area contributed by atoms with E-state index in [1.807, 2.05) is 20.8 Å². The van der Waals surface area contributed by atoms with Crippen LogP contribution in [0.1, 0.15) is 176 Å². The third-order valence-corrected chi connectivity index (χ3v) is 14.0. The summed E-state index contributed by atoms with van der Waals surface area (Å²) >= 11 is 0. The predicted octanol–water partition coefficient (Wildman–Crippen LogP) is 6.32. The second-order valence-corrected chi connectivity index (χ2v) is 24.5. The number of non-ortho nitro benzene ring substituents is 1. The number of sulfone groups is 1. The molecular formula is C58H98N6O20S. The molecule has 85 heavy (non-hydrogen) atoms. The zero-order valence-corrected chi connectivity index (χ0v) is 51.9. The van der Waals surface area contributed by atoms with Crippen LogP contribution in [0.2, 0.25) is 0 Å².